The highest BCUT2D eigenvalue weighted by Gasteiger charge is 2.46. The second kappa shape index (κ2) is 6.68. The molecule has 8 heteroatoms. The molecule has 3 aromatic rings. The number of nitrogens with one attached hydrogen (secondary N) is 1. The molecule has 156 valence electrons. The van der Waals surface area contributed by atoms with Gasteiger partial charge in [-0.15, -0.1) is 0 Å². The first kappa shape index (κ1) is 18.8. The lowest BCUT2D eigenvalue weighted by Crippen LogP contribution is -2.48. The lowest BCUT2D eigenvalue weighted by Gasteiger charge is -2.40. The monoisotopic (exact) mass is 406 g/mol. The second-order valence-corrected chi connectivity index (χ2v) is 8.71. The van der Waals surface area contributed by atoms with Crippen molar-refractivity contribution in [1.29, 1.82) is 0 Å². The number of H-pyrrole nitrogens is 1. The van der Waals surface area contributed by atoms with Gasteiger partial charge in [0.05, 0.1) is 11.2 Å². The summed E-state index contributed by atoms with van der Waals surface area (Å²) in [4.78, 5) is 37.5. The van der Waals surface area contributed by atoms with E-state index in [1.54, 1.807) is 4.68 Å². The third-order valence-electron chi connectivity index (χ3n) is 6.61. The Morgan fingerprint density at radius 1 is 1.23 bits per heavy atom. The fourth-order valence-corrected chi connectivity index (χ4v) is 5.07. The van der Waals surface area contributed by atoms with Gasteiger partial charge in [-0.25, -0.2) is 4.98 Å². The lowest BCUT2D eigenvalue weighted by molar-refractivity contribution is 0.0628. The molecule has 1 spiro atoms. The first-order valence-corrected chi connectivity index (χ1v) is 10.4. The number of hydrogen-bond donors (Lipinski definition) is 1. The number of aryl methyl sites for hydroxylation is 1. The maximum atomic E-state index is 13.5. The van der Waals surface area contributed by atoms with Gasteiger partial charge in [-0.2, -0.15) is 5.10 Å². The number of nitrogens with zero attached hydrogens (tertiary/aromatic N) is 5. The minimum Gasteiger partial charge on any atom is -0.348 e. The summed E-state index contributed by atoms with van der Waals surface area (Å²) >= 11 is 0. The first-order chi connectivity index (χ1) is 14.4. The van der Waals surface area contributed by atoms with Crippen molar-refractivity contribution in [1.82, 2.24) is 24.6 Å². The summed E-state index contributed by atoms with van der Waals surface area (Å²) in [6.45, 7) is 1.28. The summed E-state index contributed by atoms with van der Waals surface area (Å²) in [6.07, 6.45) is 3.39. The summed E-state index contributed by atoms with van der Waals surface area (Å²) in [5.74, 6) is 0.524. The van der Waals surface area contributed by atoms with Crippen molar-refractivity contribution in [2.75, 3.05) is 32.1 Å². The molecule has 1 aromatic carbocycles. The van der Waals surface area contributed by atoms with E-state index in [4.69, 9.17) is 4.98 Å². The average molecular weight is 406 g/mol. The van der Waals surface area contributed by atoms with Crippen LogP contribution < -0.4 is 10.5 Å². The zero-order chi connectivity index (χ0) is 21.0. The van der Waals surface area contributed by atoms with E-state index in [2.05, 4.69) is 10.1 Å². The van der Waals surface area contributed by atoms with Crippen molar-refractivity contribution in [3.05, 3.63) is 51.6 Å². The van der Waals surface area contributed by atoms with Gasteiger partial charge in [0, 0.05) is 50.6 Å². The van der Waals surface area contributed by atoms with Crippen LogP contribution in [-0.2, 0) is 18.9 Å². The van der Waals surface area contributed by atoms with Gasteiger partial charge in [0.15, 0.2) is 5.69 Å². The zero-order valence-corrected chi connectivity index (χ0v) is 17.6. The molecule has 1 N–H and O–H groups in total. The molecule has 2 aliphatic rings. The van der Waals surface area contributed by atoms with Crippen LogP contribution in [0.2, 0.25) is 0 Å². The zero-order valence-electron chi connectivity index (χ0n) is 17.6. The molecule has 3 heterocycles. The van der Waals surface area contributed by atoms with Gasteiger partial charge in [-0.1, -0.05) is 18.2 Å². The quantitative estimate of drug-likeness (QED) is 0.702. The Hall–Kier alpha value is -3.16. The molecule has 1 atom stereocenters. The van der Waals surface area contributed by atoms with Gasteiger partial charge in [-0.05, 0) is 31.7 Å². The molecule has 0 radical (unpaired) electrons. The van der Waals surface area contributed by atoms with Crippen molar-refractivity contribution >= 4 is 22.8 Å². The van der Waals surface area contributed by atoms with Crippen LogP contribution in [0.1, 0.15) is 41.0 Å². The third-order valence-corrected chi connectivity index (χ3v) is 6.61. The van der Waals surface area contributed by atoms with Crippen LogP contribution >= 0.6 is 0 Å². The molecule has 1 amide bonds. The number of fused-ring (bicyclic) bond motifs is 3. The average Bonchev–Trinajstić information content (AvgIpc) is 3.26. The predicted molar refractivity (Wildman–Crippen MR) is 115 cm³/mol. The van der Waals surface area contributed by atoms with Gasteiger partial charge in [0.1, 0.15) is 0 Å². The van der Waals surface area contributed by atoms with Crippen LogP contribution in [0.25, 0.3) is 10.9 Å². The van der Waals surface area contributed by atoms with E-state index in [1.165, 1.54) is 0 Å². The third kappa shape index (κ3) is 2.74. The van der Waals surface area contributed by atoms with E-state index >= 15 is 0 Å². The highest BCUT2D eigenvalue weighted by Crippen LogP contribution is 2.43. The van der Waals surface area contributed by atoms with Crippen molar-refractivity contribution in [3.63, 3.8) is 0 Å². The molecule has 1 fully saturated rings. The number of carbonyl (C=O) groups excluding carboxylic acids is 1. The highest BCUT2D eigenvalue weighted by molar-refractivity contribution is 6.04. The molecule has 0 bridgehead atoms. The lowest BCUT2D eigenvalue weighted by atomic mass is 9.77. The summed E-state index contributed by atoms with van der Waals surface area (Å²) in [5, 5.41) is 5.40. The van der Waals surface area contributed by atoms with E-state index in [0.717, 1.165) is 41.4 Å². The van der Waals surface area contributed by atoms with E-state index < -0.39 is 0 Å². The Kier molecular flexibility index (Phi) is 4.20. The number of rotatable bonds is 2. The largest absolute Gasteiger partial charge is 0.348 e. The van der Waals surface area contributed by atoms with Crippen LogP contribution in [0, 0.1) is 0 Å². The maximum Gasteiger partial charge on any atom is 0.275 e. The van der Waals surface area contributed by atoms with Gasteiger partial charge in [0.25, 0.3) is 11.5 Å². The van der Waals surface area contributed by atoms with E-state index in [-0.39, 0.29) is 16.9 Å². The molecule has 1 aliphatic heterocycles. The fraction of sp³-hybridized carbons (Fsp3) is 0.455. The van der Waals surface area contributed by atoms with Crippen LogP contribution in [0.5, 0.6) is 0 Å². The predicted octanol–water partition coefficient (Wildman–Crippen LogP) is 1.84. The molecule has 30 heavy (non-hydrogen) atoms. The number of piperidine rings is 1. The number of aromatic amines is 1. The van der Waals surface area contributed by atoms with E-state index in [0.29, 0.717) is 31.2 Å². The van der Waals surface area contributed by atoms with Gasteiger partial charge in [-0.3, -0.25) is 19.3 Å². The Balaban J connectivity index is 1.52. The highest BCUT2D eigenvalue weighted by atomic mass is 16.2. The summed E-state index contributed by atoms with van der Waals surface area (Å²) in [6, 6.07) is 7.81. The van der Waals surface area contributed by atoms with Crippen molar-refractivity contribution in [3.8, 4) is 0 Å². The van der Waals surface area contributed by atoms with Gasteiger partial charge in [0.2, 0.25) is 5.95 Å². The smallest absolute Gasteiger partial charge is 0.275 e. The van der Waals surface area contributed by atoms with Gasteiger partial charge >= 0.3 is 0 Å². The first-order valence-electron chi connectivity index (χ1n) is 10.4. The van der Waals surface area contributed by atoms with Crippen LogP contribution in [0.3, 0.4) is 0 Å². The second-order valence-electron chi connectivity index (χ2n) is 8.71. The number of aromatic nitrogens is 4. The van der Waals surface area contributed by atoms with Crippen molar-refractivity contribution < 1.29 is 4.79 Å². The number of benzene rings is 1. The molecule has 1 saturated heterocycles. The molecular formula is C22H26N6O2. The van der Waals surface area contributed by atoms with Crippen LogP contribution in [0.4, 0.5) is 5.95 Å². The maximum absolute atomic E-state index is 13.5. The molecule has 1 unspecified atom stereocenters. The summed E-state index contributed by atoms with van der Waals surface area (Å²) < 4.78 is 1.76. The molecule has 2 aromatic heterocycles. The van der Waals surface area contributed by atoms with Crippen molar-refractivity contribution in [2.45, 2.75) is 31.1 Å². The van der Waals surface area contributed by atoms with E-state index in [9.17, 15) is 9.59 Å². The molecule has 0 saturated carbocycles. The van der Waals surface area contributed by atoms with Crippen LogP contribution in [-0.4, -0.2) is 57.7 Å². The molecule has 5 rings (SSSR count). The molecular weight excluding hydrogens is 380 g/mol. The van der Waals surface area contributed by atoms with E-state index in [1.807, 2.05) is 55.2 Å². The Morgan fingerprint density at radius 3 is 2.83 bits per heavy atom. The topological polar surface area (TPSA) is 87.1 Å². The minimum absolute atomic E-state index is 0.0444. The normalized spacial score (nSPS) is 20.7. The molecule has 8 nitrogen and oxygen atoms in total. The Bertz CT molecular complexity index is 1210. The Labute approximate surface area is 174 Å². The number of para-hydroxylation sites is 1. The van der Waals surface area contributed by atoms with Crippen LogP contribution in [0.15, 0.2) is 29.1 Å². The summed E-state index contributed by atoms with van der Waals surface area (Å²) in [5.41, 5.74) is 2.78. The van der Waals surface area contributed by atoms with Crippen molar-refractivity contribution in [2.24, 2.45) is 7.05 Å². The number of likely N-dealkylation sites (tertiary alicyclic amines) is 1. The fourth-order valence-electron chi connectivity index (χ4n) is 5.07. The SMILES string of the molecule is CN(C)c1nc2c(c(=O)[nH]1)CCC21CCCN(C(=O)c2nn(C)c3ccccc23)C1. The number of hydrogen-bond acceptors (Lipinski definition) is 5. The number of amides is 1. The minimum atomic E-state index is -0.257. The molecule has 1 aliphatic carbocycles. The number of anilines is 1. The van der Waals surface area contributed by atoms with Gasteiger partial charge < -0.3 is 9.80 Å². The Morgan fingerprint density at radius 2 is 2.03 bits per heavy atom. The standard InChI is InChI=1S/C22H26N6O2/c1-26(2)21-23-18-15(19(29)24-21)9-11-22(18)10-6-12-28(13-22)20(30)17-14-7-4-5-8-16(14)27(3)25-17/h4-5,7-8H,6,9-13H2,1-3H3,(H,23,24,29). The number of carbonyl (C=O) groups is 1. The summed E-state index contributed by atoms with van der Waals surface area (Å²) in [7, 11) is 5.60.